The number of rotatable bonds is 5. The summed E-state index contributed by atoms with van der Waals surface area (Å²) in [5, 5.41) is 0.295. The summed E-state index contributed by atoms with van der Waals surface area (Å²) in [5.41, 5.74) is -3.67. The lowest BCUT2D eigenvalue weighted by Crippen LogP contribution is -2.47. The number of aromatic nitrogens is 1. The molecule has 14 heteroatoms. The topological polar surface area (TPSA) is 68.3 Å². The van der Waals surface area contributed by atoms with Crippen molar-refractivity contribution >= 4 is 40.5 Å². The Kier molecular flexibility index (Phi) is 8.70. The molecule has 1 amide bonds. The summed E-state index contributed by atoms with van der Waals surface area (Å²) in [6.07, 6.45) is -10.6. The van der Waals surface area contributed by atoms with Crippen molar-refractivity contribution in [2.75, 3.05) is 6.54 Å². The molecule has 0 bridgehead atoms. The summed E-state index contributed by atoms with van der Waals surface area (Å²) in [5.74, 6) is -0.815. The Morgan fingerprint density at radius 2 is 1.81 bits per heavy atom. The Morgan fingerprint density at radius 3 is 2.38 bits per heavy atom. The average molecular weight is 590 g/mol. The van der Waals surface area contributed by atoms with Crippen LogP contribution in [0.3, 0.4) is 0 Å². The van der Waals surface area contributed by atoms with Crippen LogP contribution in [0.1, 0.15) is 55.6 Å². The van der Waals surface area contributed by atoms with Crippen LogP contribution >= 0.6 is 23.2 Å². The number of nitrogens with zero attached hydrogens (tertiary/aromatic N) is 2. The molecule has 1 unspecified atom stereocenters. The predicted molar refractivity (Wildman–Crippen MR) is 128 cm³/mol. The molecule has 1 aliphatic rings. The molecule has 1 N–H and O–H groups in total. The van der Waals surface area contributed by atoms with Crippen molar-refractivity contribution in [3.8, 4) is 0 Å². The number of carbonyl (C=O) groups excluding carboxylic acids is 1. The van der Waals surface area contributed by atoms with Gasteiger partial charge in [-0.2, -0.15) is 26.3 Å². The number of nitrogens with one attached hydrogen (secondary N) is 1. The zero-order valence-corrected chi connectivity index (χ0v) is 22.1. The SMILES string of the molecule is CC(C)(C)[S+]([O-])N[C@@H]1CCN(C(=O)Cc2ncc(C(F)(F)F)cc2C(F)(F)F)[C@@H]1c1cccc(Cl)c1Cl. The summed E-state index contributed by atoms with van der Waals surface area (Å²) < 4.78 is 94.9. The molecule has 1 aromatic carbocycles. The molecule has 0 aliphatic carbocycles. The van der Waals surface area contributed by atoms with Crippen molar-refractivity contribution in [1.29, 1.82) is 0 Å². The molecule has 1 aromatic heterocycles. The van der Waals surface area contributed by atoms with E-state index in [1.165, 1.54) is 11.0 Å². The van der Waals surface area contributed by atoms with Gasteiger partial charge in [-0.3, -0.25) is 9.78 Å². The first-order valence-corrected chi connectivity index (χ1v) is 12.9. The van der Waals surface area contributed by atoms with Crippen LogP contribution in [0.4, 0.5) is 26.3 Å². The van der Waals surface area contributed by atoms with Gasteiger partial charge in [0, 0.05) is 24.1 Å². The Morgan fingerprint density at radius 1 is 1.16 bits per heavy atom. The fourth-order valence-electron chi connectivity index (χ4n) is 3.92. The van der Waals surface area contributed by atoms with Gasteiger partial charge in [0.2, 0.25) is 5.91 Å². The molecule has 1 fully saturated rings. The maximum atomic E-state index is 13.6. The van der Waals surface area contributed by atoms with Gasteiger partial charge in [-0.25, -0.2) is 0 Å². The van der Waals surface area contributed by atoms with E-state index in [4.69, 9.17) is 23.2 Å². The fourth-order valence-corrected chi connectivity index (χ4v) is 5.22. The van der Waals surface area contributed by atoms with Crippen LogP contribution in [0.5, 0.6) is 0 Å². The van der Waals surface area contributed by atoms with Crippen molar-refractivity contribution in [1.82, 2.24) is 14.6 Å². The number of likely N-dealkylation sites (tertiary alicyclic amines) is 1. The minimum atomic E-state index is -5.17. The van der Waals surface area contributed by atoms with Crippen LogP contribution in [0.25, 0.3) is 0 Å². The fraction of sp³-hybridized carbons (Fsp3) is 0.478. The first-order chi connectivity index (χ1) is 16.9. The van der Waals surface area contributed by atoms with Crippen molar-refractivity contribution < 1.29 is 35.7 Å². The largest absolute Gasteiger partial charge is 0.598 e. The molecule has 5 nitrogen and oxygen atoms in total. The molecule has 0 saturated carbocycles. The van der Waals surface area contributed by atoms with Gasteiger partial charge in [-0.15, -0.1) is 4.72 Å². The zero-order valence-electron chi connectivity index (χ0n) is 19.8. The predicted octanol–water partition coefficient (Wildman–Crippen LogP) is 6.36. The molecule has 0 spiro atoms. The number of amides is 1. The third-order valence-corrected chi connectivity index (χ3v) is 8.22. The van der Waals surface area contributed by atoms with E-state index < -0.39 is 69.7 Å². The van der Waals surface area contributed by atoms with Gasteiger partial charge < -0.3 is 9.45 Å². The number of hydrogen-bond donors (Lipinski definition) is 1. The first kappa shape index (κ1) is 29.8. The number of carbonyl (C=O) groups is 1. The van der Waals surface area contributed by atoms with E-state index in [9.17, 15) is 35.7 Å². The highest BCUT2D eigenvalue weighted by Crippen LogP contribution is 2.41. The van der Waals surface area contributed by atoms with Gasteiger partial charge in [0.1, 0.15) is 4.75 Å². The van der Waals surface area contributed by atoms with Crippen molar-refractivity contribution in [3.05, 3.63) is 62.9 Å². The number of halogens is 8. The van der Waals surface area contributed by atoms with Crippen molar-refractivity contribution in [2.24, 2.45) is 0 Å². The van der Waals surface area contributed by atoms with Crippen LogP contribution in [-0.2, 0) is 34.9 Å². The van der Waals surface area contributed by atoms with Gasteiger partial charge >= 0.3 is 12.4 Å². The minimum Gasteiger partial charge on any atom is -0.598 e. The molecule has 204 valence electrons. The second kappa shape index (κ2) is 10.8. The molecule has 2 heterocycles. The highest BCUT2D eigenvalue weighted by Gasteiger charge is 2.44. The van der Waals surface area contributed by atoms with Crippen LogP contribution in [-0.4, -0.2) is 37.7 Å². The third kappa shape index (κ3) is 6.83. The normalized spacial score (nSPS) is 19.8. The van der Waals surface area contributed by atoms with Crippen LogP contribution < -0.4 is 4.72 Å². The highest BCUT2D eigenvalue weighted by atomic mass is 35.5. The maximum absolute atomic E-state index is 13.6. The van der Waals surface area contributed by atoms with Crippen LogP contribution in [0.15, 0.2) is 30.5 Å². The Labute approximate surface area is 222 Å². The molecular formula is C23H23Cl2F6N3O2S. The van der Waals surface area contributed by atoms with E-state index in [1.807, 2.05) is 0 Å². The summed E-state index contributed by atoms with van der Waals surface area (Å²) in [4.78, 5) is 17.9. The number of benzene rings is 1. The second-order valence-corrected chi connectivity index (χ2v) is 12.2. The van der Waals surface area contributed by atoms with Gasteiger partial charge in [-0.05, 0) is 44.9 Å². The van der Waals surface area contributed by atoms with E-state index in [0.717, 1.165) is 0 Å². The van der Waals surface area contributed by atoms with E-state index >= 15 is 0 Å². The summed E-state index contributed by atoms with van der Waals surface area (Å²) in [6.45, 7) is 5.28. The quantitative estimate of drug-likeness (QED) is 0.325. The minimum absolute atomic E-state index is 0.0538. The van der Waals surface area contributed by atoms with Gasteiger partial charge in [0.05, 0.1) is 45.4 Å². The molecule has 37 heavy (non-hydrogen) atoms. The standard InChI is InChI=1S/C23H23Cl2F6N3O2S/c1-21(2,3)37(36)33-16-7-8-34(20(16)13-5-4-6-15(24)19(13)25)18(35)10-17-14(23(29,30)31)9-12(11-32-17)22(26,27)28/h4-6,9,11,16,20,33H,7-8,10H2,1-3H3/t16-,20-,37?/m1/s1. The van der Waals surface area contributed by atoms with Gasteiger partial charge in [-0.1, -0.05) is 35.3 Å². The Hall–Kier alpha value is -1.73. The lowest BCUT2D eigenvalue weighted by molar-refractivity contribution is -0.144. The second-order valence-electron chi connectivity index (χ2n) is 9.46. The molecular weight excluding hydrogens is 567 g/mol. The molecule has 1 saturated heterocycles. The zero-order chi connectivity index (χ0) is 27.9. The lowest BCUT2D eigenvalue weighted by Gasteiger charge is -2.32. The lowest BCUT2D eigenvalue weighted by atomic mass is 10.00. The van der Waals surface area contributed by atoms with Crippen LogP contribution in [0.2, 0.25) is 10.0 Å². The van der Waals surface area contributed by atoms with Gasteiger partial charge in [0.25, 0.3) is 0 Å². The van der Waals surface area contributed by atoms with E-state index in [2.05, 4.69) is 9.71 Å². The maximum Gasteiger partial charge on any atom is 0.418 e. The summed E-state index contributed by atoms with van der Waals surface area (Å²) in [7, 11) is 0. The monoisotopic (exact) mass is 589 g/mol. The molecule has 3 rings (SSSR count). The van der Waals surface area contributed by atoms with Gasteiger partial charge in [0.15, 0.2) is 0 Å². The number of alkyl halides is 6. The average Bonchev–Trinajstić information content (AvgIpc) is 3.17. The smallest absolute Gasteiger partial charge is 0.418 e. The number of pyridine rings is 1. The number of hydrogen-bond acceptors (Lipinski definition) is 4. The Balaban J connectivity index is 1.99. The van der Waals surface area contributed by atoms with E-state index in [1.54, 1.807) is 32.9 Å². The first-order valence-electron chi connectivity index (χ1n) is 11.0. The summed E-state index contributed by atoms with van der Waals surface area (Å²) >= 11 is 11.0. The highest BCUT2D eigenvalue weighted by molar-refractivity contribution is 7.90. The van der Waals surface area contributed by atoms with E-state index in [-0.39, 0.29) is 35.3 Å². The molecule has 3 atom stereocenters. The van der Waals surface area contributed by atoms with Crippen molar-refractivity contribution in [3.63, 3.8) is 0 Å². The Bertz CT molecular complexity index is 1160. The third-order valence-electron chi connectivity index (χ3n) is 5.75. The van der Waals surface area contributed by atoms with Crippen LogP contribution in [0, 0.1) is 0 Å². The van der Waals surface area contributed by atoms with Crippen molar-refractivity contribution in [2.45, 2.75) is 62.8 Å². The summed E-state index contributed by atoms with van der Waals surface area (Å²) in [6, 6.07) is 3.20. The molecule has 1 aliphatic heterocycles. The molecule has 0 radical (unpaired) electrons. The van der Waals surface area contributed by atoms with E-state index in [0.29, 0.717) is 5.56 Å². The molecule has 2 aromatic rings.